The van der Waals surface area contributed by atoms with E-state index < -0.39 is 6.10 Å². The molecular formula is C58H98O6. The fraction of sp³-hybridized carbons (Fsp3) is 0.707. The summed E-state index contributed by atoms with van der Waals surface area (Å²) in [4.78, 5) is 38.0. The van der Waals surface area contributed by atoms with Crippen molar-refractivity contribution in [3.8, 4) is 0 Å². The van der Waals surface area contributed by atoms with E-state index in [1.165, 1.54) is 89.9 Å². The van der Waals surface area contributed by atoms with Crippen molar-refractivity contribution in [1.82, 2.24) is 0 Å². The minimum atomic E-state index is -0.809. The standard InChI is InChI=1S/C58H98O6/c1-4-7-10-13-16-19-22-25-28-30-33-36-39-42-45-48-51-57(60)63-54-55(53-62-56(59)50-47-44-41-38-35-32-27-24-21-18-15-12-9-6-3)64-58(61)52-49-46-43-40-37-34-31-29-26-23-20-17-14-11-8-5-2/h7,10,16,19,25,28-29,31-37,55H,4-6,8-9,11-15,17-18,20-24,26-27,30,38-54H2,1-3H3/b10-7-,19-16-,28-25-,31-29-,35-32-,36-33-,37-34-. The van der Waals surface area contributed by atoms with Crippen LogP contribution < -0.4 is 0 Å². The molecule has 0 aromatic carbocycles. The molecule has 0 aliphatic carbocycles. The van der Waals surface area contributed by atoms with Crippen molar-refractivity contribution >= 4 is 17.9 Å². The molecule has 6 nitrogen and oxygen atoms in total. The molecule has 0 fully saturated rings. The molecule has 366 valence electrons. The lowest BCUT2D eigenvalue weighted by Gasteiger charge is -2.18. The number of hydrogen-bond donors (Lipinski definition) is 0. The molecule has 0 aliphatic heterocycles. The number of ether oxygens (including phenoxy) is 3. The first-order valence-corrected chi connectivity index (χ1v) is 26.6. The van der Waals surface area contributed by atoms with Crippen LogP contribution in [0.25, 0.3) is 0 Å². The Balaban J connectivity index is 4.51. The molecule has 6 heteroatoms. The minimum absolute atomic E-state index is 0.106. The predicted octanol–water partition coefficient (Wildman–Crippen LogP) is 17.6. The van der Waals surface area contributed by atoms with Gasteiger partial charge in [-0.05, 0) is 109 Å². The Kier molecular flexibility index (Phi) is 49.4. The molecule has 0 aliphatic rings. The van der Waals surface area contributed by atoms with Gasteiger partial charge in [-0.1, -0.05) is 202 Å². The molecule has 64 heavy (non-hydrogen) atoms. The molecule has 0 rings (SSSR count). The summed E-state index contributed by atoms with van der Waals surface area (Å²) < 4.78 is 16.8. The van der Waals surface area contributed by atoms with E-state index in [4.69, 9.17) is 14.2 Å². The molecule has 0 spiro atoms. The lowest BCUT2D eigenvalue weighted by molar-refractivity contribution is -0.167. The Morgan fingerprint density at radius 1 is 0.344 bits per heavy atom. The lowest BCUT2D eigenvalue weighted by atomic mass is 10.1. The number of esters is 3. The van der Waals surface area contributed by atoms with Gasteiger partial charge in [0, 0.05) is 19.3 Å². The Bertz CT molecular complexity index is 1250. The maximum absolute atomic E-state index is 12.8. The number of allylic oxidation sites excluding steroid dienone is 14. The summed E-state index contributed by atoms with van der Waals surface area (Å²) in [6.07, 6.45) is 67.1. The number of rotatable bonds is 47. The summed E-state index contributed by atoms with van der Waals surface area (Å²) in [6.45, 7) is 6.45. The first-order valence-electron chi connectivity index (χ1n) is 26.6. The highest BCUT2D eigenvalue weighted by Gasteiger charge is 2.19. The zero-order valence-corrected chi connectivity index (χ0v) is 41.8. The molecule has 0 N–H and O–H groups in total. The third kappa shape index (κ3) is 49.6. The molecule has 1 atom stereocenters. The summed E-state index contributed by atoms with van der Waals surface area (Å²) in [7, 11) is 0. The van der Waals surface area contributed by atoms with Crippen LogP contribution in [0.2, 0.25) is 0 Å². The van der Waals surface area contributed by atoms with E-state index in [2.05, 4.69) is 106 Å². The lowest BCUT2D eigenvalue weighted by Crippen LogP contribution is -2.30. The van der Waals surface area contributed by atoms with Gasteiger partial charge in [-0.15, -0.1) is 0 Å². The van der Waals surface area contributed by atoms with Crippen molar-refractivity contribution < 1.29 is 28.6 Å². The monoisotopic (exact) mass is 891 g/mol. The molecule has 0 aromatic heterocycles. The van der Waals surface area contributed by atoms with E-state index in [9.17, 15) is 14.4 Å². The van der Waals surface area contributed by atoms with Gasteiger partial charge in [0.15, 0.2) is 6.10 Å². The average molecular weight is 891 g/mol. The van der Waals surface area contributed by atoms with E-state index >= 15 is 0 Å². The van der Waals surface area contributed by atoms with Gasteiger partial charge in [-0.25, -0.2) is 0 Å². The van der Waals surface area contributed by atoms with Crippen molar-refractivity contribution in [1.29, 1.82) is 0 Å². The van der Waals surface area contributed by atoms with Crippen molar-refractivity contribution in [2.24, 2.45) is 0 Å². The van der Waals surface area contributed by atoms with Crippen LogP contribution in [0.5, 0.6) is 0 Å². The predicted molar refractivity (Wildman–Crippen MR) is 274 cm³/mol. The minimum Gasteiger partial charge on any atom is -0.462 e. The van der Waals surface area contributed by atoms with Gasteiger partial charge in [0.25, 0.3) is 0 Å². The highest BCUT2D eigenvalue weighted by molar-refractivity contribution is 5.71. The molecule has 0 saturated heterocycles. The van der Waals surface area contributed by atoms with E-state index in [1.54, 1.807) is 0 Å². The third-order valence-electron chi connectivity index (χ3n) is 11.1. The zero-order chi connectivity index (χ0) is 46.5. The average Bonchev–Trinajstić information content (AvgIpc) is 3.29. The van der Waals surface area contributed by atoms with Crippen LogP contribution in [0, 0.1) is 0 Å². The maximum Gasteiger partial charge on any atom is 0.306 e. The Labute approximate surface area is 395 Å². The Morgan fingerprint density at radius 3 is 1.06 bits per heavy atom. The van der Waals surface area contributed by atoms with Gasteiger partial charge in [0.05, 0.1) is 0 Å². The summed E-state index contributed by atoms with van der Waals surface area (Å²) in [5.74, 6) is -0.978. The van der Waals surface area contributed by atoms with Crippen LogP contribution in [0.15, 0.2) is 85.1 Å². The molecule has 1 unspecified atom stereocenters. The van der Waals surface area contributed by atoms with E-state index in [0.717, 1.165) is 116 Å². The fourth-order valence-corrected chi connectivity index (χ4v) is 7.12. The van der Waals surface area contributed by atoms with Gasteiger partial charge in [-0.3, -0.25) is 14.4 Å². The smallest absolute Gasteiger partial charge is 0.306 e. The highest BCUT2D eigenvalue weighted by Crippen LogP contribution is 2.13. The van der Waals surface area contributed by atoms with Crippen LogP contribution in [0.1, 0.15) is 245 Å². The van der Waals surface area contributed by atoms with Crippen LogP contribution in [0.4, 0.5) is 0 Å². The fourth-order valence-electron chi connectivity index (χ4n) is 7.12. The van der Waals surface area contributed by atoms with Crippen LogP contribution in [-0.2, 0) is 28.6 Å². The topological polar surface area (TPSA) is 78.9 Å². The van der Waals surface area contributed by atoms with Crippen molar-refractivity contribution in [3.63, 3.8) is 0 Å². The summed E-state index contributed by atoms with van der Waals surface area (Å²) in [5.41, 5.74) is 0. The van der Waals surface area contributed by atoms with E-state index in [0.29, 0.717) is 12.8 Å². The summed E-state index contributed by atoms with van der Waals surface area (Å²) in [5, 5.41) is 0. The van der Waals surface area contributed by atoms with Gasteiger partial charge in [0.2, 0.25) is 0 Å². The zero-order valence-electron chi connectivity index (χ0n) is 41.8. The second kappa shape index (κ2) is 52.2. The van der Waals surface area contributed by atoms with Crippen LogP contribution in [0.3, 0.4) is 0 Å². The molecule has 0 radical (unpaired) electrons. The number of carbonyl (C=O) groups is 3. The van der Waals surface area contributed by atoms with Crippen LogP contribution in [-0.4, -0.2) is 37.2 Å². The van der Waals surface area contributed by atoms with Gasteiger partial charge >= 0.3 is 17.9 Å². The normalized spacial score (nSPS) is 12.7. The van der Waals surface area contributed by atoms with Crippen molar-refractivity contribution in [2.45, 2.75) is 252 Å². The molecule has 0 heterocycles. The molecule has 0 saturated carbocycles. The quantitative estimate of drug-likeness (QED) is 0.0199. The van der Waals surface area contributed by atoms with Gasteiger partial charge in [0.1, 0.15) is 13.2 Å². The number of hydrogen-bond acceptors (Lipinski definition) is 6. The first-order chi connectivity index (χ1) is 31.5. The largest absolute Gasteiger partial charge is 0.462 e. The van der Waals surface area contributed by atoms with Crippen molar-refractivity contribution in [2.75, 3.05) is 13.2 Å². The molecule has 0 amide bonds. The third-order valence-corrected chi connectivity index (χ3v) is 11.1. The second-order valence-electron chi connectivity index (χ2n) is 17.4. The summed E-state index contributed by atoms with van der Waals surface area (Å²) >= 11 is 0. The van der Waals surface area contributed by atoms with E-state index in [-0.39, 0.29) is 37.5 Å². The number of carbonyl (C=O) groups excluding carboxylic acids is 3. The van der Waals surface area contributed by atoms with E-state index in [1.807, 2.05) is 0 Å². The molecule has 0 aromatic rings. The Morgan fingerprint density at radius 2 is 0.656 bits per heavy atom. The van der Waals surface area contributed by atoms with Crippen LogP contribution >= 0.6 is 0 Å². The second-order valence-corrected chi connectivity index (χ2v) is 17.4. The summed E-state index contributed by atoms with van der Waals surface area (Å²) in [6, 6.07) is 0. The van der Waals surface area contributed by atoms with Gasteiger partial charge in [-0.2, -0.15) is 0 Å². The molecule has 0 bridgehead atoms. The first kappa shape index (κ1) is 60.6. The maximum atomic E-state index is 12.8. The number of unbranched alkanes of at least 4 members (excludes halogenated alkanes) is 23. The molecular weight excluding hydrogens is 793 g/mol. The highest BCUT2D eigenvalue weighted by atomic mass is 16.6. The van der Waals surface area contributed by atoms with Crippen molar-refractivity contribution in [3.05, 3.63) is 85.1 Å². The Hall–Kier alpha value is -3.41. The van der Waals surface area contributed by atoms with Gasteiger partial charge < -0.3 is 14.2 Å². The SMILES string of the molecule is CC/C=C\C/C=C\C/C=C\C/C=C\CCCCCC(=O)OCC(COC(=O)CCCCC/C=C\CCCCCCCCC)OC(=O)CCCCC/C=C\C=C/CCCCCCCCC.